The lowest BCUT2D eigenvalue weighted by Gasteiger charge is -2.19. The molecule has 1 amide bonds. The summed E-state index contributed by atoms with van der Waals surface area (Å²) in [5, 5.41) is 22.7. The lowest BCUT2D eigenvalue weighted by molar-refractivity contribution is -0.123. The van der Waals surface area contributed by atoms with Gasteiger partial charge in [0.05, 0.1) is 18.8 Å². The van der Waals surface area contributed by atoms with E-state index in [2.05, 4.69) is 43.5 Å². The van der Waals surface area contributed by atoms with E-state index in [0.29, 0.717) is 6.42 Å². The molecule has 0 heterocycles. The van der Waals surface area contributed by atoms with Gasteiger partial charge in [-0.2, -0.15) is 0 Å². The summed E-state index contributed by atoms with van der Waals surface area (Å²) in [5.74, 6) is -0.0915. The molecule has 4 nitrogen and oxygen atoms in total. The highest BCUT2D eigenvalue weighted by Gasteiger charge is 2.17. The molecule has 0 saturated carbocycles. The Morgan fingerprint density at radius 1 is 0.460 bits per heavy atom. The summed E-state index contributed by atoms with van der Waals surface area (Å²) in [6, 6.07) is -0.639. The van der Waals surface area contributed by atoms with Crippen LogP contribution in [0.5, 0.6) is 0 Å². The first kappa shape index (κ1) is 48.6. The molecular weight excluding hydrogens is 615 g/mol. The molecule has 0 aromatic rings. The van der Waals surface area contributed by atoms with Crippen LogP contribution in [-0.2, 0) is 4.79 Å². The molecule has 0 saturated heterocycles. The maximum absolute atomic E-state index is 12.1. The monoisotopic (exact) mass is 702 g/mol. The van der Waals surface area contributed by atoms with Gasteiger partial charge in [-0.25, -0.2) is 0 Å². The molecule has 3 N–H and O–H groups in total. The van der Waals surface area contributed by atoms with E-state index >= 15 is 0 Å². The Bertz CT molecular complexity index is 760. The highest BCUT2D eigenvalue weighted by Crippen LogP contribution is 2.16. The number of aliphatic hydroxyl groups excluding tert-OH is 2. The van der Waals surface area contributed by atoms with E-state index in [-0.39, 0.29) is 12.5 Å². The number of rotatable bonds is 40. The van der Waals surface area contributed by atoms with Crippen LogP contribution in [0.25, 0.3) is 0 Å². The number of carbonyl (C=O) groups is 1. The molecule has 0 rings (SSSR count). The van der Waals surface area contributed by atoms with E-state index in [1.54, 1.807) is 6.08 Å². The summed E-state index contributed by atoms with van der Waals surface area (Å²) < 4.78 is 0. The molecule has 4 heteroatoms. The van der Waals surface area contributed by atoms with Crippen LogP contribution in [0.2, 0.25) is 0 Å². The first-order valence-corrected chi connectivity index (χ1v) is 22.2. The zero-order valence-electron chi connectivity index (χ0n) is 33.7. The minimum Gasteiger partial charge on any atom is -0.394 e. The van der Waals surface area contributed by atoms with Gasteiger partial charge >= 0.3 is 0 Å². The summed E-state index contributed by atoms with van der Waals surface area (Å²) in [4.78, 5) is 12.1. The summed E-state index contributed by atoms with van der Waals surface area (Å²) in [6.07, 6.45) is 56.1. The largest absolute Gasteiger partial charge is 0.394 e. The van der Waals surface area contributed by atoms with Crippen molar-refractivity contribution >= 4 is 5.91 Å². The van der Waals surface area contributed by atoms with Gasteiger partial charge in [0, 0.05) is 6.42 Å². The predicted molar refractivity (Wildman–Crippen MR) is 221 cm³/mol. The number of hydrogen-bond donors (Lipinski definition) is 3. The highest BCUT2D eigenvalue weighted by molar-refractivity contribution is 5.76. The van der Waals surface area contributed by atoms with Crippen molar-refractivity contribution in [2.75, 3.05) is 6.61 Å². The predicted octanol–water partition coefficient (Wildman–Crippen LogP) is 13.8. The average Bonchev–Trinajstić information content (AvgIpc) is 3.12. The van der Waals surface area contributed by atoms with Crippen LogP contribution in [0.4, 0.5) is 0 Å². The third kappa shape index (κ3) is 37.9. The molecule has 0 fully saturated rings. The third-order valence-corrected chi connectivity index (χ3v) is 10.1. The van der Waals surface area contributed by atoms with Gasteiger partial charge in [0.2, 0.25) is 5.91 Å². The van der Waals surface area contributed by atoms with Crippen molar-refractivity contribution in [1.82, 2.24) is 5.32 Å². The van der Waals surface area contributed by atoms with E-state index in [1.165, 1.54) is 167 Å². The van der Waals surface area contributed by atoms with Crippen LogP contribution >= 0.6 is 0 Å². The molecular formula is C46H87NO3. The Balaban J connectivity index is 3.44. The van der Waals surface area contributed by atoms with Gasteiger partial charge in [-0.3, -0.25) is 4.79 Å². The summed E-state index contributed by atoms with van der Waals surface area (Å²) in [6.45, 7) is 4.21. The maximum Gasteiger partial charge on any atom is 0.220 e. The van der Waals surface area contributed by atoms with Crippen molar-refractivity contribution in [3.05, 3.63) is 36.5 Å². The number of aliphatic hydroxyl groups is 2. The summed E-state index contributed by atoms with van der Waals surface area (Å²) >= 11 is 0. The first-order chi connectivity index (χ1) is 24.7. The number of hydrogen-bond acceptors (Lipinski definition) is 3. The van der Waals surface area contributed by atoms with Crippen LogP contribution in [0.15, 0.2) is 36.5 Å². The second kappa shape index (κ2) is 42.0. The van der Waals surface area contributed by atoms with E-state index in [1.807, 2.05) is 6.08 Å². The molecule has 0 aliphatic heterocycles. The Morgan fingerprint density at radius 2 is 0.780 bits per heavy atom. The molecule has 50 heavy (non-hydrogen) atoms. The lowest BCUT2D eigenvalue weighted by Crippen LogP contribution is -2.45. The number of allylic oxidation sites excluding steroid dienone is 5. The van der Waals surface area contributed by atoms with Gasteiger partial charge in [0.25, 0.3) is 0 Å². The minimum atomic E-state index is -0.864. The van der Waals surface area contributed by atoms with Crippen LogP contribution < -0.4 is 5.32 Å². The molecule has 0 radical (unpaired) electrons. The van der Waals surface area contributed by atoms with Crippen molar-refractivity contribution in [2.24, 2.45) is 0 Å². The standard InChI is InChI=1S/C46H87NO3/c1-3-5-7-9-10-11-12-13-14-15-16-17-18-19-20-21-22-23-24-25-26-27-28-29-30-31-32-33-34-35-36-38-39-41-45(49)44(43-48)47-46(50)42-40-37-8-6-4-2/h30-31,34-35,39,41,44-45,48-49H,3-29,32-33,36-38,40,42-43H2,1-2H3,(H,47,50)/b31-30+,35-34+,41-39+. The van der Waals surface area contributed by atoms with Crippen LogP contribution in [0, 0.1) is 0 Å². The molecule has 0 spiro atoms. The average molecular weight is 702 g/mol. The van der Waals surface area contributed by atoms with Gasteiger partial charge in [-0.1, -0.05) is 217 Å². The Hall–Kier alpha value is -1.39. The normalized spacial score (nSPS) is 13.3. The van der Waals surface area contributed by atoms with Crippen molar-refractivity contribution < 1.29 is 15.0 Å². The fourth-order valence-corrected chi connectivity index (χ4v) is 6.68. The minimum absolute atomic E-state index is 0.0915. The SMILES string of the molecule is CCCCCCCCCCCCCCCCCCCCCCCCC/C=C/CC/C=C/CC/C=C/C(O)C(CO)NC(=O)CCCCCCC. The molecule has 0 aliphatic rings. The molecule has 2 unspecified atom stereocenters. The van der Waals surface area contributed by atoms with Gasteiger partial charge in [-0.05, 0) is 44.9 Å². The Morgan fingerprint density at radius 3 is 1.16 bits per heavy atom. The molecule has 0 aliphatic carbocycles. The molecule has 0 aromatic heterocycles. The highest BCUT2D eigenvalue weighted by atomic mass is 16.3. The van der Waals surface area contributed by atoms with Gasteiger partial charge in [0.1, 0.15) is 0 Å². The summed E-state index contributed by atoms with van der Waals surface area (Å²) in [5.41, 5.74) is 0. The van der Waals surface area contributed by atoms with Gasteiger partial charge in [0.15, 0.2) is 0 Å². The Kier molecular flexibility index (Phi) is 40.9. The molecule has 0 bridgehead atoms. The van der Waals surface area contributed by atoms with Crippen molar-refractivity contribution in [1.29, 1.82) is 0 Å². The topological polar surface area (TPSA) is 69.6 Å². The number of nitrogens with one attached hydrogen (secondary N) is 1. The van der Waals surface area contributed by atoms with Crippen molar-refractivity contribution in [3.63, 3.8) is 0 Å². The fourth-order valence-electron chi connectivity index (χ4n) is 6.68. The third-order valence-electron chi connectivity index (χ3n) is 10.1. The zero-order chi connectivity index (χ0) is 36.4. The zero-order valence-corrected chi connectivity index (χ0v) is 33.7. The molecule has 0 aromatic carbocycles. The summed E-state index contributed by atoms with van der Waals surface area (Å²) in [7, 11) is 0. The van der Waals surface area contributed by atoms with Crippen molar-refractivity contribution in [2.45, 2.75) is 244 Å². The van der Waals surface area contributed by atoms with E-state index in [0.717, 1.165) is 44.9 Å². The van der Waals surface area contributed by atoms with Crippen LogP contribution in [0.1, 0.15) is 232 Å². The number of carbonyl (C=O) groups excluding carboxylic acids is 1. The Labute approximate surface area is 312 Å². The van der Waals surface area contributed by atoms with Crippen molar-refractivity contribution in [3.8, 4) is 0 Å². The second-order valence-electron chi connectivity index (χ2n) is 15.1. The maximum atomic E-state index is 12.1. The fraction of sp³-hybridized carbons (Fsp3) is 0.848. The second-order valence-corrected chi connectivity index (χ2v) is 15.1. The van der Waals surface area contributed by atoms with E-state index in [9.17, 15) is 15.0 Å². The number of amides is 1. The quantitative estimate of drug-likeness (QED) is 0.0440. The lowest BCUT2D eigenvalue weighted by atomic mass is 10.0. The van der Waals surface area contributed by atoms with E-state index in [4.69, 9.17) is 0 Å². The van der Waals surface area contributed by atoms with E-state index < -0.39 is 12.1 Å². The molecule has 294 valence electrons. The smallest absolute Gasteiger partial charge is 0.220 e. The van der Waals surface area contributed by atoms with Gasteiger partial charge in [-0.15, -0.1) is 0 Å². The van der Waals surface area contributed by atoms with Crippen LogP contribution in [0.3, 0.4) is 0 Å². The van der Waals surface area contributed by atoms with Gasteiger partial charge < -0.3 is 15.5 Å². The first-order valence-electron chi connectivity index (χ1n) is 22.2. The number of unbranched alkanes of at least 4 members (excludes halogenated alkanes) is 29. The molecule has 2 atom stereocenters. The van der Waals surface area contributed by atoms with Crippen LogP contribution in [-0.4, -0.2) is 34.9 Å².